The molecule has 1 aromatic carbocycles. The number of hydrogen-bond acceptors (Lipinski definition) is 3. The second-order valence-electron chi connectivity index (χ2n) is 5.50. The molecule has 0 aliphatic carbocycles. The van der Waals surface area contributed by atoms with Gasteiger partial charge in [0.25, 0.3) is 0 Å². The number of benzene rings is 1. The van der Waals surface area contributed by atoms with Crippen LogP contribution < -0.4 is 16.8 Å². The number of nitrogens with one attached hydrogen (secondary N) is 1. The lowest BCUT2D eigenvalue weighted by Crippen LogP contribution is -2.43. The number of primary amides is 1. The van der Waals surface area contributed by atoms with Crippen molar-refractivity contribution >= 4 is 17.6 Å². The molecule has 6 nitrogen and oxygen atoms in total. The second kappa shape index (κ2) is 6.58. The molecule has 1 aromatic rings. The van der Waals surface area contributed by atoms with Crippen molar-refractivity contribution in [2.75, 3.05) is 18.4 Å². The van der Waals surface area contributed by atoms with E-state index in [-0.39, 0.29) is 23.9 Å². The number of anilines is 1. The van der Waals surface area contributed by atoms with Gasteiger partial charge in [0, 0.05) is 30.7 Å². The summed E-state index contributed by atoms with van der Waals surface area (Å²) in [5.74, 6) is -0.388. The maximum atomic E-state index is 12.1. The number of amides is 3. The van der Waals surface area contributed by atoms with Gasteiger partial charge in [-0.25, -0.2) is 4.79 Å². The lowest BCUT2D eigenvalue weighted by Gasteiger charge is -2.30. The van der Waals surface area contributed by atoms with Crippen LogP contribution in [-0.4, -0.2) is 29.9 Å². The summed E-state index contributed by atoms with van der Waals surface area (Å²) < 4.78 is 0. The van der Waals surface area contributed by atoms with E-state index in [4.69, 9.17) is 11.5 Å². The zero-order valence-corrected chi connectivity index (χ0v) is 12.2. The van der Waals surface area contributed by atoms with Crippen LogP contribution in [0.3, 0.4) is 0 Å². The lowest BCUT2D eigenvalue weighted by molar-refractivity contribution is -0.122. The SMILES string of the molecule is CC(N)c1ccc(NC(=O)N2CCC(C(N)=O)CC2)cc1. The van der Waals surface area contributed by atoms with Gasteiger partial charge in [0.15, 0.2) is 0 Å². The van der Waals surface area contributed by atoms with Crippen molar-refractivity contribution in [3.05, 3.63) is 29.8 Å². The first-order valence-electron chi connectivity index (χ1n) is 7.18. The molecule has 1 saturated heterocycles. The van der Waals surface area contributed by atoms with Crippen LogP contribution in [0.25, 0.3) is 0 Å². The lowest BCUT2D eigenvalue weighted by atomic mass is 9.96. The fraction of sp³-hybridized carbons (Fsp3) is 0.467. The number of carbonyl (C=O) groups is 2. The van der Waals surface area contributed by atoms with Gasteiger partial charge in [0.2, 0.25) is 5.91 Å². The van der Waals surface area contributed by atoms with Crippen LogP contribution in [0.1, 0.15) is 31.4 Å². The molecule has 5 N–H and O–H groups in total. The molecule has 1 atom stereocenters. The van der Waals surface area contributed by atoms with Crippen LogP contribution in [-0.2, 0) is 4.79 Å². The van der Waals surface area contributed by atoms with Gasteiger partial charge in [0.1, 0.15) is 0 Å². The number of rotatable bonds is 3. The molecule has 0 saturated carbocycles. The summed E-state index contributed by atoms with van der Waals surface area (Å²) >= 11 is 0. The zero-order valence-electron chi connectivity index (χ0n) is 12.2. The Labute approximate surface area is 124 Å². The molecule has 0 spiro atoms. The van der Waals surface area contributed by atoms with E-state index in [1.54, 1.807) is 4.90 Å². The number of carbonyl (C=O) groups excluding carboxylic acids is 2. The van der Waals surface area contributed by atoms with E-state index in [1.165, 1.54) is 0 Å². The smallest absolute Gasteiger partial charge is 0.321 e. The second-order valence-corrected chi connectivity index (χ2v) is 5.50. The minimum Gasteiger partial charge on any atom is -0.369 e. The van der Waals surface area contributed by atoms with E-state index in [0.29, 0.717) is 25.9 Å². The number of nitrogens with two attached hydrogens (primary N) is 2. The van der Waals surface area contributed by atoms with E-state index in [2.05, 4.69) is 5.32 Å². The van der Waals surface area contributed by atoms with Crippen LogP contribution in [0.2, 0.25) is 0 Å². The maximum absolute atomic E-state index is 12.1. The van der Waals surface area contributed by atoms with Gasteiger partial charge >= 0.3 is 6.03 Å². The third-order valence-electron chi connectivity index (χ3n) is 3.87. The number of hydrogen-bond donors (Lipinski definition) is 3. The van der Waals surface area contributed by atoms with E-state index in [0.717, 1.165) is 11.3 Å². The zero-order chi connectivity index (χ0) is 15.4. The first-order chi connectivity index (χ1) is 9.97. The Kier molecular flexibility index (Phi) is 4.80. The number of likely N-dealkylation sites (tertiary alicyclic amines) is 1. The highest BCUT2D eigenvalue weighted by Crippen LogP contribution is 2.19. The molecule has 21 heavy (non-hydrogen) atoms. The highest BCUT2D eigenvalue weighted by atomic mass is 16.2. The van der Waals surface area contributed by atoms with Gasteiger partial charge in [-0.1, -0.05) is 12.1 Å². The number of urea groups is 1. The predicted octanol–water partition coefficient (Wildman–Crippen LogP) is 1.44. The highest BCUT2D eigenvalue weighted by Gasteiger charge is 2.25. The first kappa shape index (κ1) is 15.3. The Morgan fingerprint density at radius 3 is 2.29 bits per heavy atom. The Hall–Kier alpha value is -2.08. The normalized spacial score (nSPS) is 17.3. The molecule has 1 unspecified atom stereocenters. The fourth-order valence-corrected chi connectivity index (χ4v) is 2.44. The molecule has 2 rings (SSSR count). The third-order valence-corrected chi connectivity index (χ3v) is 3.87. The van der Waals surface area contributed by atoms with Crippen molar-refractivity contribution in [1.29, 1.82) is 0 Å². The standard InChI is InChI=1S/C15H22N4O2/c1-10(16)11-2-4-13(5-3-11)18-15(21)19-8-6-12(7-9-19)14(17)20/h2-5,10,12H,6-9,16H2,1H3,(H2,17,20)(H,18,21). The quantitative estimate of drug-likeness (QED) is 0.785. The molecule has 3 amide bonds. The highest BCUT2D eigenvalue weighted by molar-refractivity contribution is 5.89. The summed E-state index contributed by atoms with van der Waals surface area (Å²) in [5, 5.41) is 2.85. The largest absolute Gasteiger partial charge is 0.369 e. The molecule has 0 aromatic heterocycles. The van der Waals surface area contributed by atoms with Gasteiger partial charge in [-0.05, 0) is 37.5 Å². The topological polar surface area (TPSA) is 101 Å². The van der Waals surface area contributed by atoms with Crippen LogP contribution >= 0.6 is 0 Å². The Morgan fingerprint density at radius 2 is 1.81 bits per heavy atom. The molecule has 6 heteroatoms. The van der Waals surface area contributed by atoms with E-state index in [1.807, 2.05) is 31.2 Å². The van der Waals surface area contributed by atoms with E-state index in [9.17, 15) is 9.59 Å². The molecular formula is C15H22N4O2. The third kappa shape index (κ3) is 3.95. The summed E-state index contributed by atoms with van der Waals surface area (Å²) in [6.45, 7) is 3.02. The molecular weight excluding hydrogens is 268 g/mol. The fourth-order valence-electron chi connectivity index (χ4n) is 2.44. The summed E-state index contributed by atoms with van der Waals surface area (Å²) in [5.41, 5.74) is 12.8. The van der Waals surface area contributed by atoms with Gasteiger partial charge in [-0.3, -0.25) is 4.79 Å². The van der Waals surface area contributed by atoms with Crippen molar-refractivity contribution < 1.29 is 9.59 Å². The molecule has 0 bridgehead atoms. The van der Waals surface area contributed by atoms with Gasteiger partial charge < -0.3 is 21.7 Å². The summed E-state index contributed by atoms with van der Waals surface area (Å²) in [6, 6.07) is 7.31. The summed E-state index contributed by atoms with van der Waals surface area (Å²) in [6.07, 6.45) is 1.26. The van der Waals surface area contributed by atoms with Crippen molar-refractivity contribution in [3.63, 3.8) is 0 Å². The molecule has 1 heterocycles. The first-order valence-corrected chi connectivity index (χ1v) is 7.18. The summed E-state index contributed by atoms with van der Waals surface area (Å²) in [7, 11) is 0. The average molecular weight is 290 g/mol. The van der Waals surface area contributed by atoms with Crippen LogP contribution in [0.5, 0.6) is 0 Å². The number of piperidine rings is 1. The Bertz CT molecular complexity index is 505. The van der Waals surface area contributed by atoms with Gasteiger partial charge in [0.05, 0.1) is 0 Å². The van der Waals surface area contributed by atoms with Crippen LogP contribution in [0.4, 0.5) is 10.5 Å². The Morgan fingerprint density at radius 1 is 1.24 bits per heavy atom. The number of nitrogens with zero attached hydrogens (tertiary/aromatic N) is 1. The monoisotopic (exact) mass is 290 g/mol. The van der Waals surface area contributed by atoms with Gasteiger partial charge in [-0.2, -0.15) is 0 Å². The molecule has 0 radical (unpaired) electrons. The van der Waals surface area contributed by atoms with Crippen molar-refractivity contribution in [3.8, 4) is 0 Å². The molecule has 1 fully saturated rings. The molecule has 114 valence electrons. The van der Waals surface area contributed by atoms with Crippen LogP contribution in [0.15, 0.2) is 24.3 Å². The van der Waals surface area contributed by atoms with Crippen LogP contribution in [0, 0.1) is 5.92 Å². The van der Waals surface area contributed by atoms with Gasteiger partial charge in [-0.15, -0.1) is 0 Å². The average Bonchev–Trinajstić information content (AvgIpc) is 2.47. The van der Waals surface area contributed by atoms with Crippen molar-refractivity contribution in [2.45, 2.75) is 25.8 Å². The van der Waals surface area contributed by atoms with Crippen molar-refractivity contribution in [1.82, 2.24) is 4.90 Å². The Balaban J connectivity index is 1.88. The minimum absolute atomic E-state index is 0.0254. The maximum Gasteiger partial charge on any atom is 0.321 e. The predicted molar refractivity (Wildman–Crippen MR) is 81.6 cm³/mol. The van der Waals surface area contributed by atoms with Crippen molar-refractivity contribution in [2.24, 2.45) is 17.4 Å². The van der Waals surface area contributed by atoms with E-state index < -0.39 is 0 Å². The molecule has 1 aliphatic heterocycles. The minimum atomic E-state index is -0.276. The summed E-state index contributed by atoms with van der Waals surface area (Å²) in [4.78, 5) is 24.9. The molecule has 1 aliphatic rings. The van der Waals surface area contributed by atoms with E-state index >= 15 is 0 Å².